The van der Waals surface area contributed by atoms with Crippen molar-refractivity contribution in [3.8, 4) is 55.8 Å². The van der Waals surface area contributed by atoms with Crippen LogP contribution in [0.25, 0.3) is 77.6 Å². The molecule has 0 N–H and O–H groups in total. The van der Waals surface area contributed by atoms with E-state index in [9.17, 15) is 0 Å². The summed E-state index contributed by atoms with van der Waals surface area (Å²) in [6, 6.07) is 79.9. The van der Waals surface area contributed by atoms with Crippen LogP contribution >= 0.6 is 0 Å². The molecule has 264 valence electrons. The predicted octanol–water partition coefficient (Wildman–Crippen LogP) is 15.4. The van der Waals surface area contributed by atoms with E-state index in [4.69, 9.17) is 4.42 Å². The molecule has 9 aromatic carbocycles. The zero-order valence-corrected chi connectivity index (χ0v) is 30.7. The summed E-state index contributed by atoms with van der Waals surface area (Å²) in [5.74, 6) is 0.835. The normalized spacial score (nSPS) is 11.2. The minimum Gasteiger partial charge on any atom is -0.455 e. The van der Waals surface area contributed by atoms with Crippen molar-refractivity contribution in [3.05, 3.63) is 224 Å². The minimum absolute atomic E-state index is 0.835. The second-order valence-electron chi connectivity index (χ2n) is 14.1. The summed E-state index contributed by atoms with van der Waals surface area (Å²) in [6.07, 6.45) is 0. The van der Waals surface area contributed by atoms with Crippen LogP contribution in [0.1, 0.15) is 0 Å². The van der Waals surface area contributed by atoms with Gasteiger partial charge in [0.2, 0.25) is 0 Å². The molecule has 0 saturated carbocycles. The quantitative estimate of drug-likeness (QED) is 0.156. The highest BCUT2D eigenvalue weighted by molar-refractivity contribution is 6.07. The van der Waals surface area contributed by atoms with E-state index in [0.717, 1.165) is 67.2 Å². The summed E-state index contributed by atoms with van der Waals surface area (Å²) in [5, 5.41) is 3.54. The van der Waals surface area contributed by atoms with Gasteiger partial charge in [0.1, 0.15) is 11.3 Å². The molecule has 2 nitrogen and oxygen atoms in total. The average Bonchev–Trinajstić information content (AvgIpc) is 3.67. The van der Waals surface area contributed by atoms with Crippen LogP contribution in [0.4, 0.5) is 17.1 Å². The van der Waals surface area contributed by atoms with Crippen molar-refractivity contribution in [2.45, 2.75) is 0 Å². The number of hydrogen-bond acceptors (Lipinski definition) is 2. The predicted molar refractivity (Wildman–Crippen MR) is 236 cm³/mol. The molecule has 56 heavy (non-hydrogen) atoms. The molecule has 0 aliphatic rings. The fourth-order valence-corrected chi connectivity index (χ4v) is 8.08. The van der Waals surface area contributed by atoms with Crippen LogP contribution < -0.4 is 4.90 Å². The summed E-state index contributed by atoms with van der Waals surface area (Å²) in [5.41, 5.74) is 14.2. The van der Waals surface area contributed by atoms with Crippen LogP contribution in [0.5, 0.6) is 0 Å². The minimum atomic E-state index is 0.835. The standard InChI is InChI=1S/C54H37NO/c1-3-17-38(18-4-1)39-33-35-43(36-34-39)55(44-24-15-23-42(37-44)47-30-16-22-41-21-7-8-25-45(41)47)51-31-13-11-28-49(51)54-53(50-29-12-14-32-52(50)56-54)48-27-10-9-26-46(48)40-19-5-2-6-20-40/h1-37H. The van der Waals surface area contributed by atoms with E-state index < -0.39 is 0 Å². The van der Waals surface area contributed by atoms with Gasteiger partial charge < -0.3 is 9.32 Å². The lowest BCUT2D eigenvalue weighted by Gasteiger charge is -2.28. The lowest BCUT2D eigenvalue weighted by Crippen LogP contribution is -2.11. The highest BCUT2D eigenvalue weighted by atomic mass is 16.3. The Hall–Kier alpha value is -7.42. The Morgan fingerprint density at radius 2 is 0.875 bits per heavy atom. The van der Waals surface area contributed by atoms with Gasteiger partial charge in [0.25, 0.3) is 0 Å². The Morgan fingerprint density at radius 3 is 1.68 bits per heavy atom. The van der Waals surface area contributed by atoms with Crippen molar-refractivity contribution in [3.63, 3.8) is 0 Å². The molecule has 0 fully saturated rings. The van der Waals surface area contributed by atoms with Crippen LogP contribution in [0.3, 0.4) is 0 Å². The number of para-hydroxylation sites is 2. The van der Waals surface area contributed by atoms with E-state index in [0.29, 0.717) is 0 Å². The lowest BCUT2D eigenvalue weighted by molar-refractivity contribution is 0.632. The third-order valence-electron chi connectivity index (χ3n) is 10.7. The van der Waals surface area contributed by atoms with Gasteiger partial charge >= 0.3 is 0 Å². The highest BCUT2D eigenvalue weighted by Crippen LogP contribution is 2.49. The van der Waals surface area contributed by atoms with E-state index in [-0.39, 0.29) is 0 Å². The topological polar surface area (TPSA) is 16.4 Å². The SMILES string of the molecule is c1ccc(-c2ccc(N(c3cccc(-c4cccc5ccccc45)c3)c3ccccc3-c3oc4ccccc4c3-c3ccccc3-c3ccccc3)cc2)cc1. The first kappa shape index (κ1) is 33.2. The van der Waals surface area contributed by atoms with Gasteiger partial charge in [0.05, 0.1) is 5.69 Å². The Balaban J connectivity index is 1.20. The second-order valence-corrected chi connectivity index (χ2v) is 14.1. The maximum absolute atomic E-state index is 6.98. The molecule has 0 atom stereocenters. The number of furan rings is 1. The first-order valence-corrected chi connectivity index (χ1v) is 19.1. The summed E-state index contributed by atoms with van der Waals surface area (Å²) in [4.78, 5) is 2.37. The summed E-state index contributed by atoms with van der Waals surface area (Å²) < 4.78 is 6.98. The van der Waals surface area contributed by atoms with Crippen molar-refractivity contribution < 1.29 is 4.42 Å². The van der Waals surface area contributed by atoms with Gasteiger partial charge in [-0.05, 0) is 92.2 Å². The molecule has 10 aromatic rings. The van der Waals surface area contributed by atoms with Gasteiger partial charge in [-0.2, -0.15) is 0 Å². The maximum Gasteiger partial charge on any atom is 0.145 e. The van der Waals surface area contributed by atoms with E-state index in [2.05, 4.69) is 223 Å². The Labute approximate surface area is 327 Å². The first-order chi connectivity index (χ1) is 27.8. The molecule has 1 heterocycles. The Bertz CT molecular complexity index is 2960. The van der Waals surface area contributed by atoms with Crippen LogP contribution in [0, 0.1) is 0 Å². The van der Waals surface area contributed by atoms with Gasteiger partial charge in [-0.25, -0.2) is 0 Å². The molecule has 10 rings (SSSR count). The molecule has 0 aliphatic carbocycles. The molecule has 0 amide bonds. The van der Waals surface area contributed by atoms with Crippen molar-refractivity contribution in [2.24, 2.45) is 0 Å². The summed E-state index contributed by atoms with van der Waals surface area (Å²) >= 11 is 0. The third-order valence-corrected chi connectivity index (χ3v) is 10.7. The summed E-state index contributed by atoms with van der Waals surface area (Å²) in [7, 11) is 0. The van der Waals surface area contributed by atoms with Crippen molar-refractivity contribution in [1.29, 1.82) is 0 Å². The highest BCUT2D eigenvalue weighted by Gasteiger charge is 2.25. The van der Waals surface area contributed by atoms with Crippen LogP contribution in [0.15, 0.2) is 229 Å². The summed E-state index contributed by atoms with van der Waals surface area (Å²) in [6.45, 7) is 0. The van der Waals surface area contributed by atoms with Crippen molar-refractivity contribution >= 4 is 38.8 Å². The third kappa shape index (κ3) is 6.04. The molecular weight excluding hydrogens is 679 g/mol. The Kier molecular flexibility index (Phi) is 8.55. The van der Waals surface area contributed by atoms with Gasteiger partial charge in [-0.3, -0.25) is 0 Å². The van der Waals surface area contributed by atoms with E-state index in [1.165, 1.54) is 27.5 Å². The van der Waals surface area contributed by atoms with Crippen molar-refractivity contribution in [1.82, 2.24) is 0 Å². The number of nitrogens with zero attached hydrogens (tertiary/aromatic N) is 1. The average molecular weight is 716 g/mol. The molecule has 1 aromatic heterocycles. The zero-order valence-electron chi connectivity index (χ0n) is 30.7. The van der Waals surface area contributed by atoms with Crippen LogP contribution in [-0.4, -0.2) is 0 Å². The van der Waals surface area contributed by atoms with E-state index in [1.54, 1.807) is 0 Å². The Morgan fingerprint density at radius 1 is 0.321 bits per heavy atom. The largest absolute Gasteiger partial charge is 0.455 e. The molecule has 0 bridgehead atoms. The number of anilines is 3. The molecule has 0 spiro atoms. The number of benzene rings is 9. The number of hydrogen-bond donors (Lipinski definition) is 0. The van der Waals surface area contributed by atoms with Crippen LogP contribution in [-0.2, 0) is 0 Å². The van der Waals surface area contributed by atoms with Crippen LogP contribution in [0.2, 0.25) is 0 Å². The monoisotopic (exact) mass is 715 g/mol. The van der Waals surface area contributed by atoms with Gasteiger partial charge in [-0.15, -0.1) is 0 Å². The zero-order chi connectivity index (χ0) is 37.3. The van der Waals surface area contributed by atoms with E-state index in [1.807, 2.05) is 6.07 Å². The second kappa shape index (κ2) is 14.4. The van der Waals surface area contributed by atoms with Crippen molar-refractivity contribution in [2.75, 3.05) is 4.90 Å². The smallest absolute Gasteiger partial charge is 0.145 e. The van der Waals surface area contributed by atoms with Gasteiger partial charge in [0, 0.05) is 27.9 Å². The molecule has 2 heteroatoms. The lowest BCUT2D eigenvalue weighted by atomic mass is 9.91. The number of rotatable bonds is 8. The molecular formula is C54H37NO. The maximum atomic E-state index is 6.98. The number of fused-ring (bicyclic) bond motifs is 2. The first-order valence-electron chi connectivity index (χ1n) is 19.1. The molecule has 0 unspecified atom stereocenters. The molecule has 0 radical (unpaired) electrons. The fraction of sp³-hybridized carbons (Fsp3) is 0. The molecule has 0 aliphatic heterocycles. The van der Waals surface area contributed by atoms with Gasteiger partial charge in [-0.1, -0.05) is 182 Å². The van der Waals surface area contributed by atoms with Gasteiger partial charge in [0.15, 0.2) is 0 Å². The fourth-order valence-electron chi connectivity index (χ4n) is 8.08. The molecule has 0 saturated heterocycles. The van der Waals surface area contributed by atoms with E-state index >= 15 is 0 Å².